The molecule has 0 aliphatic rings. The number of hydrogen-bond donors (Lipinski definition) is 0. The summed E-state index contributed by atoms with van der Waals surface area (Å²) in [6, 6.07) is 0. The molecule has 0 rings (SSSR count). The molecule has 0 aliphatic heterocycles. The van der Waals surface area contributed by atoms with E-state index in [-0.39, 0.29) is 0 Å². The molecule has 0 aromatic rings. The lowest BCUT2D eigenvalue weighted by Gasteiger charge is -2.01. The van der Waals surface area contributed by atoms with E-state index in [1.807, 2.05) is 0 Å². The number of hydrogen-bond acceptors (Lipinski definition) is 2. The van der Waals surface area contributed by atoms with Gasteiger partial charge in [-0.3, -0.25) is 0 Å². The van der Waals surface area contributed by atoms with E-state index >= 15 is 0 Å². The quantitative estimate of drug-likeness (QED) is 0.285. The van der Waals surface area contributed by atoms with Crippen molar-refractivity contribution >= 4 is 0 Å². The summed E-state index contributed by atoms with van der Waals surface area (Å²) in [7, 11) is 1.56. The van der Waals surface area contributed by atoms with Crippen LogP contribution in [0.5, 0.6) is 0 Å². The summed E-state index contributed by atoms with van der Waals surface area (Å²) in [6.07, 6.45) is 12.1. The summed E-state index contributed by atoms with van der Waals surface area (Å²) in [5.74, 6) is 0. The van der Waals surface area contributed by atoms with Gasteiger partial charge >= 0.3 is 0 Å². The van der Waals surface area contributed by atoms with Crippen molar-refractivity contribution in [2.45, 2.75) is 64.7 Å². The summed E-state index contributed by atoms with van der Waals surface area (Å²) in [4.78, 5) is 9.31. The fourth-order valence-corrected chi connectivity index (χ4v) is 1.55. The van der Waals surface area contributed by atoms with Gasteiger partial charge < -0.3 is 0 Å². The Balaban J connectivity index is 2.78. The van der Waals surface area contributed by atoms with Crippen LogP contribution in [0.15, 0.2) is 0 Å². The highest BCUT2D eigenvalue weighted by Crippen LogP contribution is 2.09. The Labute approximate surface area is 88.9 Å². The Kier molecular flexibility index (Phi) is 12.8. The molecular formula is C12H26O2. The molecule has 0 bridgehead atoms. The van der Waals surface area contributed by atoms with Gasteiger partial charge in [0.15, 0.2) is 0 Å². The summed E-state index contributed by atoms with van der Waals surface area (Å²) < 4.78 is 0. The van der Waals surface area contributed by atoms with Gasteiger partial charge in [0.05, 0.1) is 13.7 Å². The molecule has 86 valence electrons. The second kappa shape index (κ2) is 12.9. The normalized spacial score (nSPS) is 10.7. The van der Waals surface area contributed by atoms with Gasteiger partial charge in [-0.25, -0.2) is 9.78 Å². The number of unbranched alkanes of at least 4 members (excludes halogenated alkanes) is 8. The van der Waals surface area contributed by atoms with Gasteiger partial charge in [-0.2, -0.15) is 0 Å². The Morgan fingerprint density at radius 2 is 1.21 bits per heavy atom. The summed E-state index contributed by atoms with van der Waals surface area (Å²) >= 11 is 0. The summed E-state index contributed by atoms with van der Waals surface area (Å²) in [6.45, 7) is 3.00. The Morgan fingerprint density at radius 3 is 1.71 bits per heavy atom. The van der Waals surface area contributed by atoms with E-state index < -0.39 is 0 Å². The molecule has 0 aliphatic carbocycles. The van der Waals surface area contributed by atoms with Crippen molar-refractivity contribution in [3.63, 3.8) is 0 Å². The van der Waals surface area contributed by atoms with Crippen LogP contribution in [0.25, 0.3) is 0 Å². The molecule has 0 radical (unpaired) electrons. The monoisotopic (exact) mass is 202 g/mol. The minimum absolute atomic E-state index is 0.742. The third kappa shape index (κ3) is 11.9. The molecule has 0 saturated carbocycles. The molecule has 0 aromatic carbocycles. The topological polar surface area (TPSA) is 18.5 Å². The third-order valence-electron chi connectivity index (χ3n) is 2.45. The molecule has 0 spiro atoms. The van der Waals surface area contributed by atoms with Crippen LogP contribution in [0, 0.1) is 0 Å². The highest BCUT2D eigenvalue weighted by atomic mass is 17.2. The SMILES string of the molecule is CCCCCCCCCCCOOC. The fourth-order valence-electron chi connectivity index (χ4n) is 1.55. The molecule has 0 unspecified atom stereocenters. The van der Waals surface area contributed by atoms with Gasteiger partial charge in [-0.15, -0.1) is 0 Å². The summed E-state index contributed by atoms with van der Waals surface area (Å²) in [5.41, 5.74) is 0. The maximum Gasteiger partial charge on any atom is 0.0822 e. The van der Waals surface area contributed by atoms with Crippen molar-refractivity contribution < 1.29 is 9.78 Å². The van der Waals surface area contributed by atoms with Crippen LogP contribution in [0.3, 0.4) is 0 Å². The molecule has 0 aromatic heterocycles. The highest BCUT2D eigenvalue weighted by Gasteiger charge is 1.92. The molecule has 0 amide bonds. The first-order chi connectivity index (χ1) is 6.91. The fraction of sp³-hybridized carbons (Fsp3) is 1.00. The average Bonchev–Trinajstić information content (AvgIpc) is 2.21. The van der Waals surface area contributed by atoms with Crippen LogP contribution in [0.1, 0.15) is 64.7 Å². The standard InChI is InChI=1S/C12H26O2/c1-3-4-5-6-7-8-9-10-11-12-14-13-2/h3-12H2,1-2H3. The lowest BCUT2D eigenvalue weighted by Crippen LogP contribution is -1.92. The molecule has 0 saturated heterocycles. The van der Waals surface area contributed by atoms with Gasteiger partial charge in [0.25, 0.3) is 0 Å². The molecule has 2 heteroatoms. The van der Waals surface area contributed by atoms with E-state index in [0.717, 1.165) is 13.0 Å². The van der Waals surface area contributed by atoms with Crippen LogP contribution in [-0.2, 0) is 9.78 Å². The van der Waals surface area contributed by atoms with E-state index in [2.05, 4.69) is 11.8 Å². The van der Waals surface area contributed by atoms with E-state index in [1.165, 1.54) is 51.4 Å². The largest absolute Gasteiger partial charge is 0.240 e. The second-order valence-electron chi connectivity index (χ2n) is 3.82. The van der Waals surface area contributed by atoms with Crippen molar-refractivity contribution in [3.05, 3.63) is 0 Å². The van der Waals surface area contributed by atoms with Gasteiger partial charge in [0.1, 0.15) is 0 Å². The van der Waals surface area contributed by atoms with Crippen molar-refractivity contribution in [2.24, 2.45) is 0 Å². The first-order valence-electron chi connectivity index (χ1n) is 6.07. The van der Waals surface area contributed by atoms with Crippen LogP contribution in [0.4, 0.5) is 0 Å². The van der Waals surface area contributed by atoms with Crippen molar-refractivity contribution in [2.75, 3.05) is 13.7 Å². The molecule has 0 N–H and O–H groups in total. The predicted molar refractivity (Wildman–Crippen MR) is 60.2 cm³/mol. The molecule has 2 nitrogen and oxygen atoms in total. The van der Waals surface area contributed by atoms with Crippen LogP contribution in [0.2, 0.25) is 0 Å². The zero-order chi connectivity index (χ0) is 10.5. The minimum Gasteiger partial charge on any atom is -0.240 e. The van der Waals surface area contributed by atoms with Crippen LogP contribution in [-0.4, -0.2) is 13.7 Å². The van der Waals surface area contributed by atoms with Crippen LogP contribution >= 0.6 is 0 Å². The molecule has 0 fully saturated rings. The van der Waals surface area contributed by atoms with E-state index in [4.69, 9.17) is 4.89 Å². The first kappa shape index (κ1) is 13.9. The lowest BCUT2D eigenvalue weighted by atomic mass is 10.1. The van der Waals surface area contributed by atoms with Gasteiger partial charge in [-0.1, -0.05) is 58.3 Å². The smallest absolute Gasteiger partial charge is 0.0822 e. The van der Waals surface area contributed by atoms with E-state index in [9.17, 15) is 0 Å². The van der Waals surface area contributed by atoms with Crippen molar-refractivity contribution in [1.82, 2.24) is 0 Å². The Bertz CT molecular complexity index is 82.3. The van der Waals surface area contributed by atoms with Gasteiger partial charge in [0.2, 0.25) is 0 Å². The minimum atomic E-state index is 0.742. The average molecular weight is 202 g/mol. The molecule has 0 atom stereocenters. The maximum atomic E-state index is 4.79. The zero-order valence-electron chi connectivity index (χ0n) is 9.89. The second-order valence-corrected chi connectivity index (χ2v) is 3.82. The summed E-state index contributed by atoms with van der Waals surface area (Å²) in [5, 5.41) is 0. The van der Waals surface area contributed by atoms with Gasteiger partial charge in [0, 0.05) is 0 Å². The molecule has 0 heterocycles. The molecule has 14 heavy (non-hydrogen) atoms. The maximum absolute atomic E-state index is 4.79. The number of rotatable bonds is 11. The Morgan fingerprint density at radius 1 is 0.714 bits per heavy atom. The van der Waals surface area contributed by atoms with E-state index in [0.29, 0.717) is 0 Å². The van der Waals surface area contributed by atoms with E-state index in [1.54, 1.807) is 7.11 Å². The third-order valence-corrected chi connectivity index (χ3v) is 2.45. The van der Waals surface area contributed by atoms with Gasteiger partial charge in [-0.05, 0) is 6.42 Å². The zero-order valence-corrected chi connectivity index (χ0v) is 9.89. The van der Waals surface area contributed by atoms with Crippen LogP contribution < -0.4 is 0 Å². The highest BCUT2D eigenvalue weighted by molar-refractivity contribution is 4.46. The van der Waals surface area contributed by atoms with Crippen molar-refractivity contribution in [1.29, 1.82) is 0 Å². The predicted octanol–water partition coefficient (Wildman–Crippen LogP) is 4.10. The molecular weight excluding hydrogens is 176 g/mol. The first-order valence-corrected chi connectivity index (χ1v) is 6.07. The van der Waals surface area contributed by atoms with Crippen molar-refractivity contribution in [3.8, 4) is 0 Å². The Hall–Kier alpha value is -0.0800. The lowest BCUT2D eigenvalue weighted by molar-refractivity contribution is -0.272.